The van der Waals surface area contributed by atoms with Crippen molar-refractivity contribution in [1.29, 1.82) is 5.26 Å². The fraction of sp³-hybridized carbons (Fsp3) is 0.381. The quantitative estimate of drug-likeness (QED) is 0.734. The molecule has 1 aliphatic carbocycles. The molecule has 2 aromatic rings. The van der Waals surface area contributed by atoms with E-state index in [4.69, 9.17) is 9.47 Å². The van der Waals surface area contributed by atoms with Crippen molar-refractivity contribution < 1.29 is 22.6 Å². The molecule has 6 nitrogen and oxygen atoms in total. The van der Waals surface area contributed by atoms with Crippen LogP contribution in [-0.2, 0) is 4.74 Å². The number of ether oxygens (including phenoxy) is 2. The average Bonchev–Trinajstić information content (AvgIpc) is 3.58. The van der Waals surface area contributed by atoms with Crippen LogP contribution in [0, 0.1) is 11.3 Å². The Bertz CT molecular complexity index is 1010. The molecule has 1 aliphatic heterocycles. The van der Waals surface area contributed by atoms with E-state index >= 15 is 0 Å². The van der Waals surface area contributed by atoms with Crippen LogP contribution in [0.25, 0.3) is 5.57 Å². The van der Waals surface area contributed by atoms with Gasteiger partial charge < -0.3 is 14.8 Å². The van der Waals surface area contributed by atoms with E-state index in [0.29, 0.717) is 31.1 Å². The highest BCUT2D eigenvalue weighted by Crippen LogP contribution is 2.40. The summed E-state index contributed by atoms with van der Waals surface area (Å²) in [6, 6.07) is 7.02. The highest BCUT2D eigenvalue weighted by Gasteiger charge is 2.30. The Kier molecular flexibility index (Phi) is 5.59. The van der Waals surface area contributed by atoms with Gasteiger partial charge in [0, 0.05) is 11.5 Å². The maximum Gasteiger partial charge on any atom is 0.422 e. The van der Waals surface area contributed by atoms with E-state index < -0.39 is 12.8 Å². The first-order chi connectivity index (χ1) is 14.4. The monoisotopic (exact) mass is 416 g/mol. The van der Waals surface area contributed by atoms with E-state index in [1.54, 1.807) is 24.4 Å². The summed E-state index contributed by atoms with van der Waals surface area (Å²) in [4.78, 5) is 8.63. The second-order valence-corrected chi connectivity index (χ2v) is 7.14. The summed E-state index contributed by atoms with van der Waals surface area (Å²) < 4.78 is 49.1. The largest absolute Gasteiger partial charge is 0.481 e. The van der Waals surface area contributed by atoms with Gasteiger partial charge in [-0.3, -0.25) is 0 Å². The Hall–Kier alpha value is -3.12. The number of anilines is 2. The number of rotatable bonds is 6. The number of benzene rings is 1. The number of hydrogen-bond donors (Lipinski definition) is 1. The summed E-state index contributed by atoms with van der Waals surface area (Å²) in [5.74, 6) is 0.560. The second-order valence-electron chi connectivity index (χ2n) is 7.14. The number of nitrogens with one attached hydrogen (secondary N) is 1. The number of alkyl halides is 3. The summed E-state index contributed by atoms with van der Waals surface area (Å²) in [5.41, 5.74) is 2.53. The van der Waals surface area contributed by atoms with Gasteiger partial charge in [-0.25, -0.2) is 9.97 Å². The Morgan fingerprint density at radius 3 is 2.80 bits per heavy atom. The molecule has 1 aromatic carbocycles. The zero-order valence-electron chi connectivity index (χ0n) is 16.0. The van der Waals surface area contributed by atoms with Crippen LogP contribution in [0.3, 0.4) is 0 Å². The summed E-state index contributed by atoms with van der Waals surface area (Å²) in [6.07, 6.45) is 1.53. The van der Waals surface area contributed by atoms with Crippen molar-refractivity contribution in [3.8, 4) is 11.8 Å². The number of nitrogens with zero attached hydrogens (tertiary/aromatic N) is 3. The van der Waals surface area contributed by atoms with Gasteiger partial charge in [0.1, 0.15) is 6.07 Å². The zero-order valence-corrected chi connectivity index (χ0v) is 16.0. The fourth-order valence-corrected chi connectivity index (χ4v) is 3.25. The van der Waals surface area contributed by atoms with Crippen molar-refractivity contribution in [1.82, 2.24) is 9.97 Å². The first-order valence-electron chi connectivity index (χ1n) is 9.58. The fourth-order valence-electron chi connectivity index (χ4n) is 3.25. The lowest BCUT2D eigenvalue weighted by atomic mass is 9.99. The smallest absolute Gasteiger partial charge is 0.422 e. The highest BCUT2D eigenvalue weighted by molar-refractivity contribution is 5.79. The molecule has 0 spiro atoms. The molecule has 0 radical (unpaired) electrons. The van der Waals surface area contributed by atoms with E-state index in [1.165, 1.54) is 0 Å². The van der Waals surface area contributed by atoms with Crippen LogP contribution in [0.5, 0.6) is 5.75 Å². The number of halogens is 3. The minimum atomic E-state index is -4.49. The number of nitriles is 1. The van der Waals surface area contributed by atoms with Crippen molar-refractivity contribution in [2.24, 2.45) is 0 Å². The predicted octanol–water partition coefficient (Wildman–Crippen LogP) is 4.71. The van der Waals surface area contributed by atoms with E-state index in [1.807, 2.05) is 12.1 Å². The Morgan fingerprint density at radius 1 is 1.30 bits per heavy atom. The van der Waals surface area contributed by atoms with Crippen LogP contribution in [-0.4, -0.2) is 36.0 Å². The van der Waals surface area contributed by atoms with Gasteiger partial charge in [0.2, 0.25) is 0 Å². The molecule has 1 fully saturated rings. The van der Waals surface area contributed by atoms with E-state index in [0.717, 1.165) is 24.1 Å². The molecule has 4 rings (SSSR count). The molecule has 0 atom stereocenters. The van der Waals surface area contributed by atoms with Gasteiger partial charge >= 0.3 is 6.18 Å². The molecule has 0 bridgehead atoms. The summed E-state index contributed by atoms with van der Waals surface area (Å²) in [7, 11) is 0. The van der Waals surface area contributed by atoms with E-state index in [-0.39, 0.29) is 22.9 Å². The van der Waals surface area contributed by atoms with Crippen LogP contribution in [0.2, 0.25) is 0 Å². The predicted molar refractivity (Wildman–Crippen MR) is 103 cm³/mol. The Balaban J connectivity index is 1.70. The van der Waals surface area contributed by atoms with Crippen LogP contribution in [0.15, 0.2) is 30.5 Å². The third kappa shape index (κ3) is 4.71. The van der Waals surface area contributed by atoms with Crippen LogP contribution in [0.1, 0.15) is 42.1 Å². The molecule has 30 heavy (non-hydrogen) atoms. The van der Waals surface area contributed by atoms with Crippen LogP contribution in [0.4, 0.5) is 24.7 Å². The third-order valence-corrected chi connectivity index (χ3v) is 4.85. The molecular weight excluding hydrogens is 397 g/mol. The molecule has 0 unspecified atom stereocenters. The minimum Gasteiger partial charge on any atom is -0.481 e. The topological polar surface area (TPSA) is 80.1 Å². The summed E-state index contributed by atoms with van der Waals surface area (Å²) in [5, 5.41) is 12.4. The summed E-state index contributed by atoms with van der Waals surface area (Å²) in [6.45, 7) is -0.562. The molecule has 2 aliphatic rings. The van der Waals surface area contributed by atoms with Gasteiger partial charge in [0.25, 0.3) is 0 Å². The van der Waals surface area contributed by atoms with Crippen LogP contribution < -0.4 is 10.1 Å². The minimum absolute atomic E-state index is 0.0555. The maximum atomic E-state index is 12.9. The van der Waals surface area contributed by atoms with Gasteiger partial charge in [-0.05, 0) is 30.9 Å². The molecule has 2 heterocycles. The van der Waals surface area contributed by atoms with Gasteiger partial charge in [-0.1, -0.05) is 18.2 Å². The molecule has 1 aromatic heterocycles. The molecule has 1 N–H and O–H groups in total. The molecule has 0 saturated heterocycles. The Labute approximate surface area is 171 Å². The SMILES string of the molecule is N#Cc1nc(C2CC2)cnc1Nc1cccc(C2=CCOCC2)c1OCC(F)(F)F. The lowest BCUT2D eigenvalue weighted by Crippen LogP contribution is -2.20. The van der Waals surface area contributed by atoms with Crippen molar-refractivity contribution in [3.05, 3.63) is 47.4 Å². The molecule has 1 saturated carbocycles. The molecule has 9 heteroatoms. The normalized spacial score (nSPS) is 16.5. The first-order valence-corrected chi connectivity index (χ1v) is 9.58. The van der Waals surface area contributed by atoms with Crippen molar-refractivity contribution in [2.75, 3.05) is 25.1 Å². The molecule has 0 amide bonds. The molecular formula is C21H19F3N4O2. The lowest BCUT2D eigenvalue weighted by molar-refractivity contribution is -0.153. The summed E-state index contributed by atoms with van der Waals surface area (Å²) >= 11 is 0. The molecule has 156 valence electrons. The number of para-hydroxylation sites is 1. The van der Waals surface area contributed by atoms with Crippen molar-refractivity contribution >= 4 is 17.1 Å². The number of hydrogen-bond acceptors (Lipinski definition) is 6. The average molecular weight is 416 g/mol. The number of aromatic nitrogens is 2. The van der Waals surface area contributed by atoms with Gasteiger partial charge in [0.05, 0.1) is 30.8 Å². The van der Waals surface area contributed by atoms with E-state index in [2.05, 4.69) is 15.3 Å². The third-order valence-electron chi connectivity index (χ3n) is 4.85. The standard InChI is InChI=1S/C21H19F3N4O2/c22-21(23,24)12-30-19-15(13-6-8-29-9-7-13)2-1-3-16(19)28-20-17(10-25)27-18(11-26-20)14-4-5-14/h1-3,6,11,14H,4-5,7-9,12H2,(H,26,28). The highest BCUT2D eigenvalue weighted by atomic mass is 19.4. The lowest BCUT2D eigenvalue weighted by Gasteiger charge is -2.21. The zero-order chi connectivity index (χ0) is 21.1. The van der Waals surface area contributed by atoms with Gasteiger partial charge in [0.15, 0.2) is 23.9 Å². The van der Waals surface area contributed by atoms with Gasteiger partial charge in [-0.2, -0.15) is 18.4 Å². The first kappa shape index (κ1) is 20.2. The van der Waals surface area contributed by atoms with E-state index in [9.17, 15) is 18.4 Å². The van der Waals surface area contributed by atoms with Crippen molar-refractivity contribution in [3.63, 3.8) is 0 Å². The van der Waals surface area contributed by atoms with Gasteiger partial charge in [-0.15, -0.1) is 0 Å². The van der Waals surface area contributed by atoms with Crippen molar-refractivity contribution in [2.45, 2.75) is 31.4 Å². The van der Waals surface area contributed by atoms with Crippen LogP contribution >= 0.6 is 0 Å². The Morgan fingerprint density at radius 2 is 2.13 bits per heavy atom. The maximum absolute atomic E-state index is 12.9. The second kappa shape index (κ2) is 8.32.